The molecule has 1 aliphatic carbocycles. The van der Waals surface area contributed by atoms with E-state index in [0.29, 0.717) is 12.5 Å². The van der Waals surface area contributed by atoms with E-state index in [4.69, 9.17) is 0 Å². The maximum Gasteiger partial charge on any atom is 0.306 e. The van der Waals surface area contributed by atoms with Gasteiger partial charge in [0, 0.05) is 17.5 Å². The van der Waals surface area contributed by atoms with Crippen LogP contribution in [0.3, 0.4) is 0 Å². The highest BCUT2D eigenvalue weighted by Gasteiger charge is 2.22. The normalized spacial score (nSPS) is 18.9. The third kappa shape index (κ3) is 5.77. The minimum absolute atomic E-state index is 0.101. The van der Waals surface area contributed by atoms with Crippen molar-refractivity contribution >= 4 is 17.7 Å². The van der Waals surface area contributed by atoms with Crippen LogP contribution in [0.1, 0.15) is 38.5 Å². The van der Waals surface area contributed by atoms with Crippen LogP contribution in [0.5, 0.6) is 0 Å². The highest BCUT2D eigenvalue weighted by Crippen LogP contribution is 2.27. The van der Waals surface area contributed by atoms with Gasteiger partial charge >= 0.3 is 5.97 Å². The molecule has 1 unspecified atom stereocenters. The summed E-state index contributed by atoms with van der Waals surface area (Å²) in [6.45, 7) is 0. The number of thioether (sulfide) groups is 1. The molecular weight excluding hydrogens is 234 g/mol. The maximum atomic E-state index is 11.0. The van der Waals surface area contributed by atoms with Crippen molar-refractivity contribution in [3.8, 4) is 0 Å². The molecule has 0 heterocycles. The Kier molecular flexibility index (Phi) is 7.69. The Hall–Kier alpha value is -0.220. The number of hydrogen-bond donors (Lipinski definition) is 1. The summed E-state index contributed by atoms with van der Waals surface area (Å²) in [4.78, 5) is 11.0. The summed E-state index contributed by atoms with van der Waals surface area (Å²) >= 11 is 1.86. The van der Waals surface area contributed by atoms with Crippen LogP contribution in [0.2, 0.25) is 0 Å². The Morgan fingerprint density at radius 1 is 1.41 bits per heavy atom. The first-order chi connectivity index (χ1) is 8.27. The van der Waals surface area contributed by atoms with Crippen LogP contribution in [-0.4, -0.2) is 37.7 Å². The molecule has 17 heavy (non-hydrogen) atoms. The summed E-state index contributed by atoms with van der Waals surface area (Å²) in [5.74, 6) is 2.71. The van der Waals surface area contributed by atoms with Gasteiger partial charge < -0.3 is 10.1 Å². The van der Waals surface area contributed by atoms with Gasteiger partial charge in [0.2, 0.25) is 0 Å². The standard InChI is InChI=1S/C13H25NO2S/c1-14-12(11-6-4-3-5-7-11)10-17-9-8-13(15)16-2/h11-12,14H,3-10H2,1-2H3. The van der Waals surface area contributed by atoms with Crippen LogP contribution >= 0.6 is 11.8 Å². The molecule has 100 valence electrons. The van der Waals surface area contributed by atoms with Gasteiger partial charge in [0.05, 0.1) is 13.5 Å². The van der Waals surface area contributed by atoms with E-state index in [1.54, 1.807) is 0 Å². The molecule has 1 N–H and O–H groups in total. The molecular formula is C13H25NO2S. The Bertz CT molecular complexity index is 217. The summed E-state index contributed by atoms with van der Waals surface area (Å²) in [7, 11) is 3.51. The second-order valence-corrected chi connectivity index (χ2v) is 5.84. The lowest BCUT2D eigenvalue weighted by molar-refractivity contribution is -0.140. The third-order valence-corrected chi connectivity index (χ3v) is 4.65. The van der Waals surface area contributed by atoms with Gasteiger partial charge in [-0.1, -0.05) is 19.3 Å². The van der Waals surface area contributed by atoms with Crippen molar-refractivity contribution < 1.29 is 9.53 Å². The number of methoxy groups -OCH3 is 1. The van der Waals surface area contributed by atoms with Gasteiger partial charge in [-0.2, -0.15) is 11.8 Å². The van der Waals surface area contributed by atoms with E-state index in [1.165, 1.54) is 39.2 Å². The summed E-state index contributed by atoms with van der Waals surface area (Å²) in [6, 6.07) is 0.609. The number of esters is 1. The van der Waals surface area contributed by atoms with E-state index in [1.807, 2.05) is 11.8 Å². The number of hydrogen-bond acceptors (Lipinski definition) is 4. The zero-order chi connectivity index (χ0) is 12.5. The fourth-order valence-corrected chi connectivity index (χ4v) is 3.63. The average Bonchev–Trinajstić information content (AvgIpc) is 2.39. The molecule has 0 saturated heterocycles. The van der Waals surface area contributed by atoms with Crippen molar-refractivity contribution in [3.05, 3.63) is 0 Å². The smallest absolute Gasteiger partial charge is 0.306 e. The lowest BCUT2D eigenvalue weighted by atomic mass is 9.84. The van der Waals surface area contributed by atoms with E-state index in [2.05, 4.69) is 17.1 Å². The van der Waals surface area contributed by atoms with Crippen LogP contribution < -0.4 is 5.32 Å². The van der Waals surface area contributed by atoms with Crippen molar-refractivity contribution in [3.63, 3.8) is 0 Å². The predicted molar refractivity (Wildman–Crippen MR) is 73.4 cm³/mol. The molecule has 0 amide bonds. The van der Waals surface area contributed by atoms with Crippen molar-refractivity contribution in [1.82, 2.24) is 5.32 Å². The molecule has 0 spiro atoms. The molecule has 0 bridgehead atoms. The van der Waals surface area contributed by atoms with Crippen molar-refractivity contribution in [2.24, 2.45) is 5.92 Å². The summed E-state index contributed by atoms with van der Waals surface area (Å²) in [5.41, 5.74) is 0. The highest BCUT2D eigenvalue weighted by molar-refractivity contribution is 7.99. The molecule has 0 aromatic heterocycles. The van der Waals surface area contributed by atoms with Gasteiger partial charge in [0.1, 0.15) is 0 Å². The van der Waals surface area contributed by atoms with Crippen LogP contribution in [0, 0.1) is 5.92 Å². The lowest BCUT2D eigenvalue weighted by Crippen LogP contribution is -2.37. The number of carbonyl (C=O) groups excluding carboxylic acids is 1. The zero-order valence-corrected chi connectivity index (χ0v) is 11.9. The second-order valence-electron chi connectivity index (χ2n) is 4.69. The summed E-state index contributed by atoms with van der Waals surface area (Å²) in [5, 5.41) is 3.44. The van der Waals surface area contributed by atoms with Gasteiger partial charge in [-0.15, -0.1) is 0 Å². The molecule has 1 fully saturated rings. The molecule has 1 atom stereocenters. The second kappa shape index (κ2) is 8.81. The molecule has 0 radical (unpaired) electrons. The molecule has 4 heteroatoms. The number of carbonyl (C=O) groups is 1. The molecule has 0 aromatic carbocycles. The van der Waals surface area contributed by atoms with Gasteiger partial charge in [-0.05, 0) is 25.8 Å². The van der Waals surface area contributed by atoms with E-state index in [9.17, 15) is 4.79 Å². The highest BCUT2D eigenvalue weighted by atomic mass is 32.2. The first-order valence-electron chi connectivity index (χ1n) is 6.59. The van der Waals surface area contributed by atoms with Crippen molar-refractivity contribution in [2.75, 3.05) is 25.7 Å². The topological polar surface area (TPSA) is 38.3 Å². The minimum Gasteiger partial charge on any atom is -0.469 e. The van der Waals surface area contributed by atoms with E-state index >= 15 is 0 Å². The van der Waals surface area contributed by atoms with Crippen molar-refractivity contribution in [2.45, 2.75) is 44.6 Å². The Balaban J connectivity index is 2.15. The predicted octanol–water partition coefficient (Wildman–Crippen LogP) is 2.45. The van der Waals surface area contributed by atoms with E-state index < -0.39 is 0 Å². The Morgan fingerprint density at radius 2 is 2.12 bits per heavy atom. The molecule has 1 aliphatic rings. The van der Waals surface area contributed by atoms with E-state index in [-0.39, 0.29) is 5.97 Å². The molecule has 0 aliphatic heterocycles. The quantitative estimate of drug-likeness (QED) is 0.563. The van der Waals surface area contributed by atoms with Crippen LogP contribution in [0.25, 0.3) is 0 Å². The maximum absolute atomic E-state index is 11.0. The van der Waals surface area contributed by atoms with Crippen molar-refractivity contribution in [1.29, 1.82) is 0 Å². The first-order valence-corrected chi connectivity index (χ1v) is 7.75. The zero-order valence-electron chi connectivity index (χ0n) is 11.0. The monoisotopic (exact) mass is 259 g/mol. The summed E-state index contributed by atoms with van der Waals surface area (Å²) in [6.07, 6.45) is 7.43. The lowest BCUT2D eigenvalue weighted by Gasteiger charge is -2.29. The molecule has 1 rings (SSSR count). The van der Waals surface area contributed by atoms with Gasteiger partial charge in [0.15, 0.2) is 0 Å². The molecule has 0 aromatic rings. The van der Waals surface area contributed by atoms with Gasteiger partial charge in [-0.3, -0.25) is 4.79 Å². The first kappa shape index (κ1) is 14.8. The number of rotatable bonds is 7. The van der Waals surface area contributed by atoms with Gasteiger partial charge in [0.25, 0.3) is 0 Å². The largest absolute Gasteiger partial charge is 0.469 e. The van der Waals surface area contributed by atoms with Crippen LogP contribution in [-0.2, 0) is 9.53 Å². The fraction of sp³-hybridized carbons (Fsp3) is 0.923. The van der Waals surface area contributed by atoms with Crippen LogP contribution in [0.4, 0.5) is 0 Å². The average molecular weight is 259 g/mol. The summed E-state index contributed by atoms with van der Waals surface area (Å²) < 4.78 is 4.63. The molecule has 3 nitrogen and oxygen atoms in total. The Labute approximate surface area is 109 Å². The van der Waals surface area contributed by atoms with E-state index in [0.717, 1.165) is 17.4 Å². The Morgan fingerprint density at radius 3 is 2.71 bits per heavy atom. The number of nitrogens with one attached hydrogen (secondary N) is 1. The van der Waals surface area contributed by atoms with Gasteiger partial charge in [-0.25, -0.2) is 0 Å². The minimum atomic E-state index is -0.101. The molecule has 1 saturated carbocycles. The fourth-order valence-electron chi connectivity index (χ4n) is 2.46. The SMILES string of the molecule is CNC(CSCCC(=O)OC)C1CCCCC1. The third-order valence-electron chi connectivity index (χ3n) is 3.57. The van der Waals surface area contributed by atoms with Crippen LogP contribution in [0.15, 0.2) is 0 Å². The number of ether oxygens (including phenoxy) is 1.